The number of nitrogens with zero attached hydrogens (tertiary/aromatic N) is 2. The van der Waals surface area contributed by atoms with E-state index in [0.717, 1.165) is 42.4 Å². The first-order valence-corrected chi connectivity index (χ1v) is 9.53. The molecule has 0 atom stereocenters. The quantitative estimate of drug-likeness (QED) is 0.684. The Morgan fingerprint density at radius 3 is 2.44 bits per heavy atom. The van der Waals surface area contributed by atoms with E-state index >= 15 is 0 Å². The molecule has 1 aliphatic heterocycles. The van der Waals surface area contributed by atoms with Crippen molar-refractivity contribution in [3.8, 4) is 0 Å². The number of anilines is 2. The Morgan fingerprint density at radius 2 is 1.81 bits per heavy atom. The van der Waals surface area contributed by atoms with Crippen LogP contribution in [0.1, 0.15) is 41.6 Å². The topological polar surface area (TPSA) is 45.2 Å². The maximum atomic E-state index is 13.2. The van der Waals surface area contributed by atoms with Gasteiger partial charge in [0.15, 0.2) is 0 Å². The van der Waals surface area contributed by atoms with Gasteiger partial charge in [-0.1, -0.05) is 34.8 Å². The predicted octanol–water partition coefficient (Wildman–Crippen LogP) is 5.50. The van der Waals surface area contributed by atoms with E-state index in [0.29, 0.717) is 24.6 Å². The van der Waals surface area contributed by atoms with E-state index in [9.17, 15) is 18.0 Å². The number of pyridine rings is 1. The number of carbonyl (C=O) groups excluding carboxylic acids is 1. The Hall–Kier alpha value is -2.09. The number of alkyl halides is 3. The van der Waals surface area contributed by atoms with Crippen LogP contribution in [0.5, 0.6) is 0 Å². The van der Waals surface area contributed by atoms with Crippen LogP contribution in [-0.4, -0.2) is 24.0 Å². The number of nitrogens with one attached hydrogen (secondary N) is 1. The van der Waals surface area contributed by atoms with Crippen molar-refractivity contribution >= 4 is 33.3 Å². The van der Waals surface area contributed by atoms with Gasteiger partial charge in [0.1, 0.15) is 5.82 Å². The molecule has 1 amide bonds. The monoisotopic (exact) mass is 441 g/mol. The summed E-state index contributed by atoms with van der Waals surface area (Å²) < 4.78 is 40.2. The van der Waals surface area contributed by atoms with Crippen LogP contribution in [0.3, 0.4) is 0 Å². The highest BCUT2D eigenvalue weighted by Crippen LogP contribution is 2.32. The van der Waals surface area contributed by atoms with Gasteiger partial charge in [0.2, 0.25) is 0 Å². The van der Waals surface area contributed by atoms with Gasteiger partial charge in [0.25, 0.3) is 5.91 Å². The van der Waals surface area contributed by atoms with Crippen molar-refractivity contribution in [2.45, 2.75) is 31.9 Å². The molecule has 1 fully saturated rings. The van der Waals surface area contributed by atoms with Crippen LogP contribution in [0.4, 0.5) is 24.7 Å². The molecule has 1 aromatic carbocycles. The van der Waals surface area contributed by atoms with E-state index in [2.05, 4.69) is 26.2 Å². The van der Waals surface area contributed by atoms with Gasteiger partial charge >= 0.3 is 6.18 Å². The fraction of sp³-hybridized carbons (Fsp3) is 0.368. The number of hydrogen-bond donors (Lipinski definition) is 1. The van der Waals surface area contributed by atoms with Gasteiger partial charge < -0.3 is 10.2 Å². The van der Waals surface area contributed by atoms with Crippen molar-refractivity contribution in [2.24, 2.45) is 0 Å². The zero-order valence-electron chi connectivity index (χ0n) is 14.5. The molecule has 2 heterocycles. The number of rotatable bonds is 3. The molecule has 0 saturated carbocycles. The molecular weight excluding hydrogens is 423 g/mol. The van der Waals surface area contributed by atoms with Crippen LogP contribution in [0.25, 0.3) is 0 Å². The summed E-state index contributed by atoms with van der Waals surface area (Å²) >= 11 is 3.31. The lowest BCUT2D eigenvalue weighted by atomic mass is 10.1. The Bertz CT molecular complexity index is 818. The predicted molar refractivity (Wildman–Crippen MR) is 102 cm³/mol. The Balaban J connectivity index is 1.97. The summed E-state index contributed by atoms with van der Waals surface area (Å²) in [6.07, 6.45) is 0.226. The first-order chi connectivity index (χ1) is 12.8. The highest BCUT2D eigenvalue weighted by Gasteiger charge is 2.33. The van der Waals surface area contributed by atoms with Gasteiger partial charge in [-0.25, -0.2) is 4.98 Å². The number of benzene rings is 1. The second kappa shape index (κ2) is 8.29. The molecule has 0 aliphatic carbocycles. The molecule has 3 rings (SSSR count). The van der Waals surface area contributed by atoms with E-state index in [1.54, 1.807) is 24.3 Å². The molecule has 4 nitrogen and oxygen atoms in total. The fourth-order valence-electron chi connectivity index (χ4n) is 3.08. The number of carbonyl (C=O) groups is 1. The molecule has 144 valence electrons. The van der Waals surface area contributed by atoms with Crippen molar-refractivity contribution in [1.29, 1.82) is 0 Å². The Labute approximate surface area is 163 Å². The molecule has 1 aliphatic rings. The third-order valence-corrected chi connectivity index (χ3v) is 4.92. The van der Waals surface area contributed by atoms with Gasteiger partial charge in [-0.15, -0.1) is 0 Å². The number of halogens is 4. The van der Waals surface area contributed by atoms with Gasteiger partial charge in [0.05, 0.1) is 11.1 Å². The summed E-state index contributed by atoms with van der Waals surface area (Å²) in [7, 11) is 0. The number of hydrogen-bond acceptors (Lipinski definition) is 3. The third-order valence-electron chi connectivity index (χ3n) is 4.43. The van der Waals surface area contributed by atoms with E-state index in [1.165, 1.54) is 0 Å². The highest BCUT2D eigenvalue weighted by atomic mass is 79.9. The van der Waals surface area contributed by atoms with Gasteiger partial charge in [-0.3, -0.25) is 4.79 Å². The molecular formula is C19H19BrF3N3O. The average Bonchev–Trinajstić information content (AvgIpc) is 2.89. The van der Waals surface area contributed by atoms with E-state index in [4.69, 9.17) is 0 Å². The lowest BCUT2D eigenvalue weighted by molar-refractivity contribution is -0.137. The fourth-order valence-corrected chi connectivity index (χ4v) is 3.48. The van der Waals surface area contributed by atoms with Crippen LogP contribution in [0.2, 0.25) is 0 Å². The molecule has 0 radical (unpaired) electrons. The summed E-state index contributed by atoms with van der Waals surface area (Å²) in [5.41, 5.74) is -0.499. The zero-order valence-corrected chi connectivity index (χ0v) is 16.1. The van der Waals surface area contributed by atoms with Crippen LogP contribution in [0.15, 0.2) is 41.0 Å². The van der Waals surface area contributed by atoms with E-state index in [-0.39, 0.29) is 5.56 Å². The lowest BCUT2D eigenvalue weighted by Crippen LogP contribution is -2.28. The zero-order chi connectivity index (χ0) is 19.4. The lowest BCUT2D eigenvalue weighted by Gasteiger charge is -2.24. The maximum Gasteiger partial charge on any atom is 0.417 e. The molecule has 0 bridgehead atoms. The smallest absolute Gasteiger partial charge is 0.356 e. The molecule has 1 aromatic heterocycles. The van der Waals surface area contributed by atoms with Gasteiger partial charge in [-0.2, -0.15) is 13.2 Å². The van der Waals surface area contributed by atoms with Crippen molar-refractivity contribution in [1.82, 2.24) is 4.98 Å². The molecule has 0 spiro atoms. The van der Waals surface area contributed by atoms with Crippen molar-refractivity contribution in [3.63, 3.8) is 0 Å². The largest absolute Gasteiger partial charge is 0.417 e. The summed E-state index contributed by atoms with van der Waals surface area (Å²) in [4.78, 5) is 18.7. The molecule has 1 N–H and O–H groups in total. The first-order valence-electron chi connectivity index (χ1n) is 8.74. The second-order valence-corrected chi connectivity index (χ2v) is 7.37. The second-order valence-electron chi connectivity index (χ2n) is 6.46. The minimum absolute atomic E-state index is 0.0632. The Kier molecular flexibility index (Phi) is 6.04. The SMILES string of the molecule is O=C(Nc1cccc(Br)c1)c1cc(C(F)(F)F)cnc1N1CCCCCC1. The van der Waals surface area contributed by atoms with Crippen LogP contribution < -0.4 is 10.2 Å². The summed E-state index contributed by atoms with van der Waals surface area (Å²) in [6.45, 7) is 1.35. The van der Waals surface area contributed by atoms with Crippen molar-refractivity contribution < 1.29 is 18.0 Å². The normalized spacial score (nSPS) is 15.3. The highest BCUT2D eigenvalue weighted by molar-refractivity contribution is 9.10. The minimum Gasteiger partial charge on any atom is -0.356 e. The molecule has 2 aromatic rings. The van der Waals surface area contributed by atoms with E-state index in [1.807, 2.05) is 4.90 Å². The standard InChI is InChI=1S/C19H19BrF3N3O/c20-14-6-5-7-15(11-14)25-18(27)16-10-13(19(21,22)23)12-24-17(16)26-8-3-1-2-4-9-26/h5-7,10-12H,1-4,8-9H2,(H,25,27). The number of amides is 1. The summed E-state index contributed by atoms with van der Waals surface area (Å²) in [5, 5.41) is 2.67. The summed E-state index contributed by atoms with van der Waals surface area (Å²) in [6, 6.07) is 7.78. The Morgan fingerprint density at radius 1 is 1.11 bits per heavy atom. The average molecular weight is 442 g/mol. The molecule has 1 saturated heterocycles. The minimum atomic E-state index is -4.56. The van der Waals surface area contributed by atoms with Crippen LogP contribution in [0, 0.1) is 0 Å². The maximum absolute atomic E-state index is 13.2. The van der Waals surface area contributed by atoms with Gasteiger partial charge in [-0.05, 0) is 37.1 Å². The third kappa shape index (κ3) is 5.00. The van der Waals surface area contributed by atoms with Gasteiger partial charge in [0, 0.05) is 29.4 Å². The molecule has 0 unspecified atom stereocenters. The molecule has 27 heavy (non-hydrogen) atoms. The van der Waals surface area contributed by atoms with E-state index < -0.39 is 17.6 Å². The van der Waals surface area contributed by atoms with Crippen molar-refractivity contribution in [2.75, 3.05) is 23.3 Å². The number of aromatic nitrogens is 1. The first kappa shape index (κ1) is 19.7. The molecule has 8 heteroatoms. The van der Waals surface area contributed by atoms with Crippen LogP contribution in [-0.2, 0) is 6.18 Å². The van der Waals surface area contributed by atoms with Crippen molar-refractivity contribution in [3.05, 3.63) is 52.1 Å². The van der Waals surface area contributed by atoms with Crippen LogP contribution >= 0.6 is 15.9 Å². The summed E-state index contributed by atoms with van der Waals surface area (Å²) in [5.74, 6) is -0.302.